The van der Waals surface area contributed by atoms with Gasteiger partial charge in [-0.1, -0.05) is 59.8 Å². The van der Waals surface area contributed by atoms with Crippen molar-refractivity contribution in [1.82, 2.24) is 5.32 Å². The molecule has 3 rings (SSSR count). The van der Waals surface area contributed by atoms with Crippen LogP contribution >= 0.6 is 23.4 Å². The molecule has 31 heavy (non-hydrogen) atoms. The SMILES string of the molecule is COC(=O)[C@H]1C(=O)NC(SCC(=O)Nc2cccc(Cl)c2)=C(C#N)[C@@H]1c1ccccc1. The fraction of sp³-hybridized carbons (Fsp3) is 0.182. The van der Waals surface area contributed by atoms with E-state index in [-0.39, 0.29) is 22.3 Å². The molecule has 2 aromatic rings. The summed E-state index contributed by atoms with van der Waals surface area (Å²) in [6, 6.07) is 17.6. The van der Waals surface area contributed by atoms with Crippen molar-refractivity contribution in [3.63, 3.8) is 0 Å². The Hall–Kier alpha value is -3.28. The number of methoxy groups -OCH3 is 1. The molecule has 7 nitrogen and oxygen atoms in total. The van der Waals surface area contributed by atoms with Crippen LogP contribution in [-0.2, 0) is 19.1 Å². The van der Waals surface area contributed by atoms with Gasteiger partial charge in [0.25, 0.3) is 0 Å². The van der Waals surface area contributed by atoms with Gasteiger partial charge >= 0.3 is 5.97 Å². The molecule has 9 heteroatoms. The van der Waals surface area contributed by atoms with E-state index in [1.165, 1.54) is 7.11 Å². The van der Waals surface area contributed by atoms with Crippen molar-refractivity contribution < 1.29 is 19.1 Å². The van der Waals surface area contributed by atoms with Crippen molar-refractivity contribution in [2.75, 3.05) is 18.2 Å². The largest absolute Gasteiger partial charge is 0.468 e. The summed E-state index contributed by atoms with van der Waals surface area (Å²) in [6.45, 7) is 0. The maximum Gasteiger partial charge on any atom is 0.319 e. The van der Waals surface area contributed by atoms with E-state index in [0.29, 0.717) is 16.3 Å². The highest BCUT2D eigenvalue weighted by Crippen LogP contribution is 2.40. The number of carbonyl (C=O) groups is 3. The molecule has 0 aromatic heterocycles. The van der Waals surface area contributed by atoms with Crippen molar-refractivity contribution in [2.45, 2.75) is 5.92 Å². The Morgan fingerprint density at radius 3 is 2.61 bits per heavy atom. The number of thioether (sulfide) groups is 1. The molecule has 0 bridgehead atoms. The summed E-state index contributed by atoms with van der Waals surface area (Å²) in [4.78, 5) is 37.4. The first-order valence-corrected chi connectivity index (χ1v) is 10.6. The fourth-order valence-electron chi connectivity index (χ4n) is 3.24. The molecule has 158 valence electrons. The standard InChI is InChI=1S/C22H18ClN3O4S/c1-30-22(29)19-18(13-6-3-2-4-7-13)16(11-24)21(26-20(19)28)31-12-17(27)25-15-9-5-8-14(23)10-15/h2-10,18-19H,12H2,1H3,(H,25,27)(H,26,28)/t18-,19+/m0/s1. The number of hydrogen-bond acceptors (Lipinski definition) is 6. The van der Waals surface area contributed by atoms with Gasteiger partial charge in [0.2, 0.25) is 11.8 Å². The van der Waals surface area contributed by atoms with Crippen LogP contribution in [0.25, 0.3) is 0 Å². The van der Waals surface area contributed by atoms with Crippen LogP contribution in [0.1, 0.15) is 11.5 Å². The molecule has 0 fully saturated rings. The van der Waals surface area contributed by atoms with E-state index < -0.39 is 23.7 Å². The Kier molecular flexibility index (Phi) is 7.34. The van der Waals surface area contributed by atoms with E-state index in [1.807, 2.05) is 0 Å². The number of benzene rings is 2. The molecule has 1 aliphatic heterocycles. The van der Waals surface area contributed by atoms with Gasteiger partial charge < -0.3 is 15.4 Å². The quantitative estimate of drug-likeness (QED) is 0.510. The van der Waals surface area contributed by atoms with Crippen LogP contribution < -0.4 is 10.6 Å². The normalized spacial score (nSPS) is 18.0. The average molecular weight is 456 g/mol. The van der Waals surface area contributed by atoms with Gasteiger partial charge in [0.1, 0.15) is 5.92 Å². The summed E-state index contributed by atoms with van der Waals surface area (Å²) in [5.41, 5.74) is 1.36. The van der Waals surface area contributed by atoms with Gasteiger partial charge in [0.05, 0.1) is 29.5 Å². The number of nitriles is 1. The Labute approximate surface area is 188 Å². The lowest BCUT2D eigenvalue weighted by Gasteiger charge is -2.30. The third kappa shape index (κ3) is 5.26. The number of halogens is 1. The van der Waals surface area contributed by atoms with Crippen LogP contribution in [0, 0.1) is 17.2 Å². The van der Waals surface area contributed by atoms with Gasteiger partial charge in [-0.3, -0.25) is 14.4 Å². The van der Waals surface area contributed by atoms with Crippen molar-refractivity contribution in [2.24, 2.45) is 5.92 Å². The first-order chi connectivity index (χ1) is 14.9. The summed E-state index contributed by atoms with van der Waals surface area (Å²) in [5, 5.41) is 15.9. The second-order valence-corrected chi connectivity index (χ2v) is 8.00. The average Bonchev–Trinajstić information content (AvgIpc) is 2.77. The van der Waals surface area contributed by atoms with Gasteiger partial charge in [0.15, 0.2) is 0 Å². The number of nitrogens with zero attached hydrogens (tertiary/aromatic N) is 1. The summed E-state index contributed by atoms with van der Waals surface area (Å²) in [6.07, 6.45) is 0. The zero-order valence-corrected chi connectivity index (χ0v) is 18.0. The van der Waals surface area contributed by atoms with E-state index in [9.17, 15) is 19.6 Å². The first-order valence-electron chi connectivity index (χ1n) is 9.20. The van der Waals surface area contributed by atoms with Crippen molar-refractivity contribution in [3.05, 3.63) is 75.8 Å². The van der Waals surface area contributed by atoms with Gasteiger partial charge in [-0.25, -0.2) is 0 Å². The van der Waals surface area contributed by atoms with E-state index in [1.54, 1.807) is 54.6 Å². The van der Waals surface area contributed by atoms with Crippen LogP contribution in [0.5, 0.6) is 0 Å². The molecular formula is C22H18ClN3O4S. The number of anilines is 1. The third-order valence-electron chi connectivity index (χ3n) is 4.60. The molecule has 0 radical (unpaired) electrons. The number of hydrogen-bond donors (Lipinski definition) is 2. The highest BCUT2D eigenvalue weighted by molar-refractivity contribution is 8.03. The van der Waals surface area contributed by atoms with Crippen LogP contribution in [0.15, 0.2) is 65.2 Å². The predicted molar refractivity (Wildman–Crippen MR) is 118 cm³/mol. The van der Waals surface area contributed by atoms with Crippen LogP contribution in [0.2, 0.25) is 5.02 Å². The Bertz CT molecular complexity index is 1080. The Balaban J connectivity index is 1.86. The Morgan fingerprint density at radius 1 is 1.23 bits per heavy atom. The smallest absolute Gasteiger partial charge is 0.319 e. The fourth-order valence-corrected chi connectivity index (χ4v) is 4.28. The lowest BCUT2D eigenvalue weighted by atomic mass is 9.78. The van der Waals surface area contributed by atoms with E-state index >= 15 is 0 Å². The molecule has 0 spiro atoms. The van der Waals surface area contributed by atoms with E-state index in [0.717, 1.165) is 11.8 Å². The first kappa shape index (κ1) is 22.4. The molecule has 1 heterocycles. The maximum absolute atomic E-state index is 12.7. The molecule has 2 N–H and O–H groups in total. The maximum atomic E-state index is 12.7. The second kappa shape index (κ2) is 10.2. The highest BCUT2D eigenvalue weighted by Gasteiger charge is 2.44. The molecule has 2 amide bonds. The lowest BCUT2D eigenvalue weighted by Crippen LogP contribution is -2.44. The second-order valence-electron chi connectivity index (χ2n) is 6.58. The van der Waals surface area contributed by atoms with Crippen LogP contribution in [0.4, 0.5) is 5.69 Å². The van der Waals surface area contributed by atoms with Gasteiger partial charge in [-0.2, -0.15) is 5.26 Å². The molecule has 0 saturated heterocycles. The molecule has 0 saturated carbocycles. The van der Waals surface area contributed by atoms with Crippen molar-refractivity contribution in [3.8, 4) is 6.07 Å². The minimum absolute atomic E-state index is 0.0578. The van der Waals surface area contributed by atoms with Crippen molar-refractivity contribution >= 4 is 46.8 Å². The number of ether oxygens (including phenoxy) is 1. The summed E-state index contributed by atoms with van der Waals surface area (Å²) in [5.74, 6) is -3.73. The predicted octanol–water partition coefficient (Wildman–Crippen LogP) is 3.45. The number of amides is 2. The van der Waals surface area contributed by atoms with E-state index in [2.05, 4.69) is 16.7 Å². The zero-order chi connectivity index (χ0) is 22.4. The molecule has 0 unspecified atom stereocenters. The minimum atomic E-state index is -1.20. The van der Waals surface area contributed by atoms with Crippen LogP contribution in [-0.4, -0.2) is 30.6 Å². The number of rotatable bonds is 6. The molecule has 2 aromatic carbocycles. The van der Waals surface area contributed by atoms with Gasteiger partial charge in [-0.15, -0.1) is 0 Å². The Morgan fingerprint density at radius 2 is 1.97 bits per heavy atom. The third-order valence-corrected chi connectivity index (χ3v) is 5.85. The minimum Gasteiger partial charge on any atom is -0.468 e. The highest BCUT2D eigenvalue weighted by atomic mass is 35.5. The summed E-state index contributed by atoms with van der Waals surface area (Å²) in [7, 11) is 1.19. The van der Waals surface area contributed by atoms with Gasteiger partial charge in [0, 0.05) is 16.6 Å². The number of allylic oxidation sites excluding steroid dienone is 1. The topological polar surface area (TPSA) is 108 Å². The van der Waals surface area contributed by atoms with E-state index in [4.69, 9.17) is 16.3 Å². The molecule has 0 aliphatic carbocycles. The lowest BCUT2D eigenvalue weighted by molar-refractivity contribution is -0.150. The zero-order valence-electron chi connectivity index (χ0n) is 16.4. The number of esters is 1. The molecular weight excluding hydrogens is 438 g/mol. The van der Waals surface area contributed by atoms with Crippen LogP contribution in [0.3, 0.4) is 0 Å². The monoisotopic (exact) mass is 455 g/mol. The number of nitrogens with one attached hydrogen (secondary N) is 2. The number of carbonyl (C=O) groups excluding carboxylic acids is 3. The summed E-state index contributed by atoms with van der Waals surface area (Å²) >= 11 is 6.93. The molecule has 2 atom stereocenters. The molecule has 1 aliphatic rings. The van der Waals surface area contributed by atoms with Gasteiger partial charge in [-0.05, 0) is 23.8 Å². The summed E-state index contributed by atoms with van der Waals surface area (Å²) < 4.78 is 4.80. The van der Waals surface area contributed by atoms with Crippen molar-refractivity contribution in [1.29, 1.82) is 5.26 Å².